The summed E-state index contributed by atoms with van der Waals surface area (Å²) in [7, 11) is 1.66. The summed E-state index contributed by atoms with van der Waals surface area (Å²) in [5, 5.41) is 0. The van der Waals surface area contributed by atoms with Crippen molar-refractivity contribution in [3.05, 3.63) is 149 Å². The lowest BCUT2D eigenvalue weighted by Gasteiger charge is -2.36. The second kappa shape index (κ2) is 13.8. The van der Waals surface area contributed by atoms with E-state index in [-0.39, 0.29) is 12.2 Å². The lowest BCUT2D eigenvalue weighted by atomic mass is 10.0. The third-order valence-corrected chi connectivity index (χ3v) is 6.61. The molecule has 0 saturated heterocycles. The Morgan fingerprint density at radius 2 is 1.21 bits per heavy atom. The number of rotatable bonds is 12. The van der Waals surface area contributed by atoms with Crippen molar-refractivity contribution in [1.29, 1.82) is 0 Å². The zero-order valence-corrected chi connectivity index (χ0v) is 22.1. The van der Waals surface area contributed by atoms with Gasteiger partial charge >= 0.3 is 0 Å². The summed E-state index contributed by atoms with van der Waals surface area (Å²) in [5.74, 6) is 1.54. The molecule has 0 N–H and O–H groups in total. The molecule has 1 aliphatic rings. The Morgan fingerprint density at radius 3 is 1.79 bits per heavy atom. The van der Waals surface area contributed by atoms with E-state index in [1.807, 2.05) is 84.9 Å². The van der Waals surface area contributed by atoms with Gasteiger partial charge in [-0.1, -0.05) is 103 Å². The smallest absolute Gasteiger partial charge is 0.143 e. The van der Waals surface area contributed by atoms with Crippen LogP contribution in [0.15, 0.2) is 127 Å². The SMILES string of the molecule is COc1ccc([C@@H]2C=C(OCc3ccccc3)[C@H](OCc3ccccc3)[C@@H](COCc3ccccc3)O2)cc1. The van der Waals surface area contributed by atoms with Crippen molar-refractivity contribution < 1.29 is 23.7 Å². The largest absolute Gasteiger partial charge is 0.497 e. The average Bonchev–Trinajstić information content (AvgIpc) is 3.01. The van der Waals surface area contributed by atoms with Crippen molar-refractivity contribution in [3.63, 3.8) is 0 Å². The molecule has 39 heavy (non-hydrogen) atoms. The molecule has 0 amide bonds. The number of ether oxygens (including phenoxy) is 5. The van der Waals surface area contributed by atoms with Gasteiger partial charge in [-0.25, -0.2) is 0 Å². The van der Waals surface area contributed by atoms with Gasteiger partial charge in [0.15, 0.2) is 0 Å². The summed E-state index contributed by atoms with van der Waals surface area (Å²) in [6.07, 6.45) is 0.900. The van der Waals surface area contributed by atoms with Crippen LogP contribution in [0, 0.1) is 0 Å². The molecule has 0 spiro atoms. The van der Waals surface area contributed by atoms with Gasteiger partial charge in [-0.15, -0.1) is 0 Å². The molecular weight excluding hydrogens is 488 g/mol. The van der Waals surface area contributed by atoms with Crippen molar-refractivity contribution in [2.45, 2.75) is 38.1 Å². The molecule has 200 valence electrons. The van der Waals surface area contributed by atoms with Gasteiger partial charge in [0.2, 0.25) is 0 Å². The number of hydrogen-bond acceptors (Lipinski definition) is 5. The molecule has 5 nitrogen and oxygen atoms in total. The minimum absolute atomic E-state index is 0.316. The molecular formula is C34H34O5. The van der Waals surface area contributed by atoms with Crippen LogP contribution < -0.4 is 4.74 Å². The first-order chi connectivity index (χ1) is 19.3. The number of methoxy groups -OCH3 is 1. The van der Waals surface area contributed by atoms with Gasteiger partial charge in [-0.05, 0) is 40.5 Å². The minimum Gasteiger partial charge on any atom is -0.497 e. The highest BCUT2D eigenvalue weighted by Crippen LogP contribution is 2.34. The Bertz CT molecular complexity index is 1290. The van der Waals surface area contributed by atoms with E-state index in [9.17, 15) is 0 Å². The lowest BCUT2D eigenvalue weighted by Crippen LogP contribution is -2.41. The number of benzene rings is 4. The summed E-state index contributed by atoms with van der Waals surface area (Å²) in [4.78, 5) is 0. The van der Waals surface area contributed by atoms with Gasteiger partial charge in [-0.3, -0.25) is 0 Å². The Hall–Kier alpha value is -3.90. The first-order valence-corrected chi connectivity index (χ1v) is 13.2. The van der Waals surface area contributed by atoms with E-state index >= 15 is 0 Å². The Labute approximate surface area is 230 Å². The fourth-order valence-corrected chi connectivity index (χ4v) is 4.51. The molecule has 0 saturated carbocycles. The molecule has 0 radical (unpaired) electrons. The Morgan fingerprint density at radius 1 is 0.641 bits per heavy atom. The van der Waals surface area contributed by atoms with Crippen LogP contribution in [0.5, 0.6) is 5.75 Å². The molecule has 1 aliphatic heterocycles. The fraction of sp³-hybridized carbons (Fsp3) is 0.235. The molecule has 0 bridgehead atoms. The van der Waals surface area contributed by atoms with E-state index in [0.717, 1.165) is 33.8 Å². The van der Waals surface area contributed by atoms with Crippen LogP contribution in [0.3, 0.4) is 0 Å². The second-order valence-electron chi connectivity index (χ2n) is 9.43. The third-order valence-electron chi connectivity index (χ3n) is 6.61. The normalized spacial score (nSPS) is 18.8. The summed E-state index contributed by atoms with van der Waals surface area (Å²) >= 11 is 0. The minimum atomic E-state index is -0.431. The molecule has 4 aromatic carbocycles. The van der Waals surface area contributed by atoms with Crippen LogP contribution in [0.4, 0.5) is 0 Å². The predicted molar refractivity (Wildman–Crippen MR) is 151 cm³/mol. The van der Waals surface area contributed by atoms with Crippen LogP contribution in [0.1, 0.15) is 28.4 Å². The Balaban J connectivity index is 1.40. The van der Waals surface area contributed by atoms with E-state index in [1.165, 1.54) is 0 Å². The van der Waals surface area contributed by atoms with Crippen molar-refractivity contribution in [3.8, 4) is 5.75 Å². The highest BCUT2D eigenvalue weighted by molar-refractivity contribution is 5.32. The van der Waals surface area contributed by atoms with Gasteiger partial charge in [-0.2, -0.15) is 0 Å². The van der Waals surface area contributed by atoms with E-state index in [2.05, 4.69) is 36.4 Å². The molecule has 4 aromatic rings. The van der Waals surface area contributed by atoms with Crippen LogP contribution in [0.2, 0.25) is 0 Å². The maximum absolute atomic E-state index is 6.62. The van der Waals surface area contributed by atoms with Crippen LogP contribution >= 0.6 is 0 Å². The molecule has 5 rings (SSSR count). The highest BCUT2D eigenvalue weighted by Gasteiger charge is 2.36. The highest BCUT2D eigenvalue weighted by atomic mass is 16.6. The first-order valence-electron chi connectivity index (χ1n) is 13.2. The molecule has 0 unspecified atom stereocenters. The monoisotopic (exact) mass is 522 g/mol. The van der Waals surface area contributed by atoms with Crippen LogP contribution in [0.25, 0.3) is 0 Å². The molecule has 0 aromatic heterocycles. The van der Waals surface area contributed by atoms with Crippen molar-refractivity contribution in [2.75, 3.05) is 13.7 Å². The van der Waals surface area contributed by atoms with Crippen molar-refractivity contribution >= 4 is 0 Å². The average molecular weight is 523 g/mol. The van der Waals surface area contributed by atoms with E-state index in [0.29, 0.717) is 26.4 Å². The predicted octanol–water partition coefficient (Wildman–Crippen LogP) is 7.04. The van der Waals surface area contributed by atoms with Crippen LogP contribution in [-0.4, -0.2) is 25.9 Å². The second-order valence-corrected chi connectivity index (χ2v) is 9.43. The summed E-state index contributed by atoms with van der Waals surface area (Å²) < 4.78 is 31.1. The van der Waals surface area contributed by atoms with Gasteiger partial charge in [0.05, 0.1) is 26.9 Å². The van der Waals surface area contributed by atoms with Gasteiger partial charge in [0.1, 0.15) is 36.4 Å². The van der Waals surface area contributed by atoms with E-state index in [4.69, 9.17) is 23.7 Å². The van der Waals surface area contributed by atoms with Crippen molar-refractivity contribution in [1.82, 2.24) is 0 Å². The summed E-state index contributed by atoms with van der Waals surface area (Å²) in [6.45, 7) is 1.71. The maximum Gasteiger partial charge on any atom is 0.143 e. The van der Waals surface area contributed by atoms with Gasteiger partial charge in [0, 0.05) is 0 Å². The zero-order valence-electron chi connectivity index (χ0n) is 22.1. The van der Waals surface area contributed by atoms with Gasteiger partial charge in [0.25, 0.3) is 0 Å². The third kappa shape index (κ3) is 7.58. The molecule has 5 heteroatoms. The topological polar surface area (TPSA) is 46.2 Å². The zero-order chi connectivity index (χ0) is 26.7. The van der Waals surface area contributed by atoms with Crippen LogP contribution in [-0.2, 0) is 38.8 Å². The molecule has 0 fully saturated rings. The number of hydrogen-bond donors (Lipinski definition) is 0. The molecule has 0 aliphatic carbocycles. The van der Waals surface area contributed by atoms with E-state index < -0.39 is 6.10 Å². The molecule has 3 atom stereocenters. The fourth-order valence-electron chi connectivity index (χ4n) is 4.51. The lowest BCUT2D eigenvalue weighted by molar-refractivity contribution is -0.142. The summed E-state index contributed by atoms with van der Waals surface area (Å²) in [5.41, 5.74) is 4.29. The van der Waals surface area contributed by atoms with Crippen molar-refractivity contribution in [2.24, 2.45) is 0 Å². The van der Waals surface area contributed by atoms with E-state index in [1.54, 1.807) is 7.11 Å². The summed E-state index contributed by atoms with van der Waals surface area (Å²) in [6, 6.07) is 38.3. The maximum atomic E-state index is 6.62. The molecule has 1 heterocycles. The first kappa shape index (κ1) is 26.7. The standard InChI is InChI=1S/C34H34O5/c1-35-30-19-17-29(18-20-30)31-21-32(37-23-27-13-7-3-8-14-27)34(38-24-28-15-9-4-10-16-28)33(39-31)25-36-22-26-11-5-2-6-12-26/h2-21,31,33-34H,22-25H2,1H3/t31-,33+,34-/m0/s1. The van der Waals surface area contributed by atoms with Gasteiger partial charge < -0.3 is 23.7 Å². The Kier molecular flexibility index (Phi) is 9.42. The quantitative estimate of drug-likeness (QED) is 0.200.